The van der Waals surface area contributed by atoms with Gasteiger partial charge in [0.25, 0.3) is 0 Å². The van der Waals surface area contributed by atoms with E-state index in [-0.39, 0.29) is 24.2 Å². The first-order chi connectivity index (χ1) is 12.2. The normalized spacial score (nSPS) is 25.6. The summed E-state index contributed by atoms with van der Waals surface area (Å²) in [4.78, 5) is 14.6. The lowest BCUT2D eigenvalue weighted by Gasteiger charge is -2.35. The number of aromatic nitrogens is 2. The van der Waals surface area contributed by atoms with E-state index >= 15 is 0 Å². The molecule has 0 bridgehead atoms. The number of fused-ring (bicyclic) bond motifs is 1. The lowest BCUT2D eigenvalue weighted by molar-refractivity contribution is -0.141. The van der Waals surface area contributed by atoms with Crippen LogP contribution in [0.2, 0.25) is 0 Å². The van der Waals surface area contributed by atoms with Gasteiger partial charge < -0.3 is 19.4 Å². The summed E-state index contributed by atoms with van der Waals surface area (Å²) in [6.07, 6.45) is 3.81. The van der Waals surface area contributed by atoms with E-state index < -0.39 is 0 Å². The highest BCUT2D eigenvalue weighted by Crippen LogP contribution is 2.34. The number of amides is 1. The van der Waals surface area contributed by atoms with Gasteiger partial charge in [0.05, 0.1) is 30.6 Å². The Bertz CT molecular complexity index is 716. The molecular formula is C18H22N4O3. The van der Waals surface area contributed by atoms with Gasteiger partial charge >= 0.3 is 0 Å². The molecule has 2 fully saturated rings. The van der Waals surface area contributed by atoms with Crippen molar-refractivity contribution in [1.29, 1.82) is 0 Å². The Morgan fingerprint density at radius 1 is 1.28 bits per heavy atom. The molecule has 4 heterocycles. The highest BCUT2D eigenvalue weighted by molar-refractivity contribution is 5.80. The van der Waals surface area contributed by atoms with Crippen molar-refractivity contribution in [1.82, 2.24) is 15.5 Å². The summed E-state index contributed by atoms with van der Waals surface area (Å²) in [5.41, 5.74) is 0.910. The van der Waals surface area contributed by atoms with Crippen molar-refractivity contribution in [2.45, 2.75) is 51.0 Å². The van der Waals surface area contributed by atoms with Crippen molar-refractivity contribution in [2.75, 3.05) is 11.4 Å². The Labute approximate surface area is 146 Å². The number of aryl methyl sites for hydroxylation is 1. The zero-order chi connectivity index (χ0) is 17.2. The second-order valence-corrected chi connectivity index (χ2v) is 6.62. The average molecular weight is 342 g/mol. The van der Waals surface area contributed by atoms with Crippen molar-refractivity contribution in [3.63, 3.8) is 0 Å². The zero-order valence-corrected chi connectivity index (χ0v) is 14.2. The van der Waals surface area contributed by atoms with E-state index in [0.29, 0.717) is 13.0 Å². The minimum atomic E-state index is -0.389. The number of ether oxygens (including phenoxy) is 1. The number of hydrogen-bond donors (Lipinski definition) is 1. The van der Waals surface area contributed by atoms with Gasteiger partial charge in [-0.1, -0.05) is 0 Å². The van der Waals surface area contributed by atoms with E-state index in [0.717, 1.165) is 36.7 Å². The molecule has 4 rings (SSSR count). The van der Waals surface area contributed by atoms with Gasteiger partial charge in [-0.25, -0.2) is 0 Å². The Morgan fingerprint density at radius 3 is 2.96 bits per heavy atom. The van der Waals surface area contributed by atoms with E-state index in [1.807, 2.05) is 31.2 Å². The fourth-order valence-electron chi connectivity index (χ4n) is 3.65. The predicted molar refractivity (Wildman–Crippen MR) is 91.0 cm³/mol. The van der Waals surface area contributed by atoms with Crippen LogP contribution in [0.1, 0.15) is 30.7 Å². The molecule has 25 heavy (non-hydrogen) atoms. The van der Waals surface area contributed by atoms with Crippen molar-refractivity contribution in [2.24, 2.45) is 0 Å². The van der Waals surface area contributed by atoms with Gasteiger partial charge in [-0.2, -0.15) is 5.10 Å². The minimum absolute atomic E-state index is 0.0659. The first kappa shape index (κ1) is 16.1. The second kappa shape index (κ2) is 6.84. The average Bonchev–Trinajstić information content (AvgIpc) is 3.29. The van der Waals surface area contributed by atoms with Crippen LogP contribution in [0.25, 0.3) is 0 Å². The van der Waals surface area contributed by atoms with Crippen LogP contribution in [0.15, 0.2) is 34.9 Å². The van der Waals surface area contributed by atoms with E-state index in [1.165, 1.54) is 0 Å². The molecule has 0 radical (unpaired) electrons. The van der Waals surface area contributed by atoms with Gasteiger partial charge in [-0.15, -0.1) is 5.10 Å². The molecule has 0 aromatic carbocycles. The SMILES string of the molecule is Cc1ccc(N2CC[C@H]3O[C@@H](C(=O)NCc4ccco4)CC[C@H]32)nn1. The standard InChI is InChI=1S/C18H22N4O3/c1-12-4-7-17(21-20-12)22-9-8-15-14(22)5-6-16(25-15)18(23)19-11-13-3-2-10-24-13/h2-4,7,10,14-16H,5-6,8-9,11H2,1H3,(H,19,23)/t14-,15-,16-/m1/s1. The van der Waals surface area contributed by atoms with Crippen molar-refractivity contribution in [3.8, 4) is 0 Å². The lowest BCUT2D eigenvalue weighted by atomic mass is 9.98. The molecule has 2 aliphatic heterocycles. The predicted octanol–water partition coefficient (Wildman–Crippen LogP) is 1.82. The molecule has 0 spiro atoms. The van der Waals surface area contributed by atoms with Crippen LogP contribution in [0, 0.1) is 6.92 Å². The maximum absolute atomic E-state index is 12.4. The molecular weight excluding hydrogens is 320 g/mol. The Kier molecular flexibility index (Phi) is 4.40. The smallest absolute Gasteiger partial charge is 0.249 e. The van der Waals surface area contributed by atoms with E-state index in [4.69, 9.17) is 9.15 Å². The number of furan rings is 1. The van der Waals surface area contributed by atoms with Gasteiger partial charge in [0, 0.05) is 6.54 Å². The summed E-state index contributed by atoms with van der Waals surface area (Å²) in [5, 5.41) is 11.3. The van der Waals surface area contributed by atoms with Crippen molar-refractivity contribution in [3.05, 3.63) is 42.0 Å². The number of rotatable bonds is 4. The molecule has 2 aromatic heterocycles. The van der Waals surface area contributed by atoms with Crippen molar-refractivity contribution >= 4 is 11.7 Å². The Balaban J connectivity index is 1.35. The van der Waals surface area contributed by atoms with Crippen LogP contribution >= 0.6 is 0 Å². The molecule has 3 atom stereocenters. The van der Waals surface area contributed by atoms with Crippen LogP contribution in [-0.4, -0.2) is 40.9 Å². The number of hydrogen-bond acceptors (Lipinski definition) is 6. The molecule has 0 unspecified atom stereocenters. The molecule has 1 N–H and O–H groups in total. The van der Waals surface area contributed by atoms with E-state index in [1.54, 1.807) is 6.26 Å². The van der Waals surface area contributed by atoms with Gasteiger partial charge in [0.1, 0.15) is 11.9 Å². The summed E-state index contributed by atoms with van der Waals surface area (Å²) in [6.45, 7) is 3.21. The molecule has 132 valence electrons. The molecule has 7 nitrogen and oxygen atoms in total. The maximum atomic E-state index is 12.4. The highest BCUT2D eigenvalue weighted by atomic mass is 16.5. The maximum Gasteiger partial charge on any atom is 0.249 e. The fraction of sp³-hybridized carbons (Fsp3) is 0.500. The summed E-state index contributed by atoms with van der Waals surface area (Å²) in [7, 11) is 0. The van der Waals surface area contributed by atoms with Gasteiger partial charge in [0.2, 0.25) is 5.91 Å². The third-order valence-electron chi connectivity index (χ3n) is 4.94. The van der Waals surface area contributed by atoms with Gasteiger partial charge in [-0.3, -0.25) is 4.79 Å². The quantitative estimate of drug-likeness (QED) is 0.913. The summed E-state index contributed by atoms with van der Waals surface area (Å²) >= 11 is 0. The first-order valence-corrected chi connectivity index (χ1v) is 8.73. The number of nitrogens with zero attached hydrogens (tertiary/aromatic N) is 3. The molecule has 2 aliphatic rings. The van der Waals surface area contributed by atoms with Crippen LogP contribution < -0.4 is 10.2 Å². The first-order valence-electron chi connectivity index (χ1n) is 8.73. The summed E-state index contributed by atoms with van der Waals surface area (Å²) < 4.78 is 11.3. The summed E-state index contributed by atoms with van der Waals surface area (Å²) in [6, 6.07) is 7.91. The monoisotopic (exact) mass is 342 g/mol. The van der Waals surface area contributed by atoms with Crippen molar-refractivity contribution < 1.29 is 13.9 Å². The molecule has 1 amide bonds. The zero-order valence-electron chi connectivity index (χ0n) is 14.2. The highest BCUT2D eigenvalue weighted by Gasteiger charge is 2.42. The molecule has 2 saturated heterocycles. The fourth-order valence-corrected chi connectivity index (χ4v) is 3.65. The summed E-state index contributed by atoms with van der Waals surface area (Å²) in [5.74, 6) is 1.57. The minimum Gasteiger partial charge on any atom is -0.467 e. The second-order valence-electron chi connectivity index (χ2n) is 6.62. The van der Waals surface area contributed by atoms with E-state index in [2.05, 4.69) is 20.4 Å². The van der Waals surface area contributed by atoms with Gasteiger partial charge in [-0.05, 0) is 50.5 Å². The number of anilines is 1. The van der Waals surface area contributed by atoms with E-state index in [9.17, 15) is 4.79 Å². The number of carbonyl (C=O) groups excluding carboxylic acids is 1. The molecule has 0 saturated carbocycles. The van der Waals surface area contributed by atoms with Crippen LogP contribution in [0.3, 0.4) is 0 Å². The van der Waals surface area contributed by atoms with Crippen LogP contribution in [-0.2, 0) is 16.1 Å². The third-order valence-corrected chi connectivity index (χ3v) is 4.94. The molecule has 2 aromatic rings. The Hall–Kier alpha value is -2.41. The van der Waals surface area contributed by atoms with Crippen LogP contribution in [0.4, 0.5) is 5.82 Å². The molecule has 7 heteroatoms. The molecule has 0 aliphatic carbocycles. The van der Waals surface area contributed by atoms with Gasteiger partial charge in [0.15, 0.2) is 5.82 Å². The van der Waals surface area contributed by atoms with Crippen LogP contribution in [0.5, 0.6) is 0 Å². The lowest BCUT2D eigenvalue weighted by Crippen LogP contribution is -2.48. The number of carbonyl (C=O) groups is 1. The third kappa shape index (κ3) is 3.37. The Morgan fingerprint density at radius 2 is 2.20 bits per heavy atom. The number of nitrogens with one attached hydrogen (secondary N) is 1. The largest absolute Gasteiger partial charge is 0.467 e. The topological polar surface area (TPSA) is 80.5 Å².